The van der Waals surface area contributed by atoms with Crippen molar-refractivity contribution in [2.24, 2.45) is 0 Å². The second-order valence-corrected chi connectivity index (χ2v) is 5.81. The Kier molecular flexibility index (Phi) is 4.14. The highest BCUT2D eigenvalue weighted by Gasteiger charge is 2.24. The van der Waals surface area contributed by atoms with Crippen molar-refractivity contribution in [1.29, 1.82) is 0 Å². The van der Waals surface area contributed by atoms with Gasteiger partial charge in [0.1, 0.15) is 5.75 Å². The molecule has 0 amide bonds. The van der Waals surface area contributed by atoms with E-state index in [1.165, 1.54) is 16.8 Å². The van der Waals surface area contributed by atoms with Crippen molar-refractivity contribution in [3.05, 3.63) is 59.7 Å². The van der Waals surface area contributed by atoms with Gasteiger partial charge in [0.05, 0.1) is 6.61 Å². The van der Waals surface area contributed by atoms with Crippen LogP contribution >= 0.6 is 0 Å². The molecule has 2 heteroatoms. The molecule has 0 saturated carbocycles. The van der Waals surface area contributed by atoms with Gasteiger partial charge in [-0.2, -0.15) is 0 Å². The summed E-state index contributed by atoms with van der Waals surface area (Å²) in [6.45, 7) is 5.02. The number of para-hydroxylation sites is 2. The molecular formula is C19H23NO. The summed E-state index contributed by atoms with van der Waals surface area (Å²) in [4.78, 5) is 0. The number of fused-ring (bicyclic) bond motifs is 1. The van der Waals surface area contributed by atoms with Crippen LogP contribution in [0.4, 0.5) is 5.69 Å². The van der Waals surface area contributed by atoms with Crippen LogP contribution in [0.5, 0.6) is 5.75 Å². The van der Waals surface area contributed by atoms with E-state index in [2.05, 4.69) is 54.7 Å². The lowest BCUT2D eigenvalue weighted by atomic mass is 9.83. The predicted octanol–water partition coefficient (Wildman–Crippen LogP) is 4.62. The lowest BCUT2D eigenvalue weighted by molar-refractivity contribution is 0.335. The Morgan fingerprint density at radius 3 is 2.71 bits per heavy atom. The van der Waals surface area contributed by atoms with E-state index < -0.39 is 0 Å². The van der Waals surface area contributed by atoms with Crippen LogP contribution in [0.1, 0.15) is 37.3 Å². The van der Waals surface area contributed by atoms with Gasteiger partial charge in [-0.1, -0.05) is 36.4 Å². The Balaban J connectivity index is 1.88. The fourth-order valence-electron chi connectivity index (χ4n) is 3.29. The van der Waals surface area contributed by atoms with Crippen LogP contribution in [0.3, 0.4) is 0 Å². The molecule has 0 fully saturated rings. The highest BCUT2D eigenvalue weighted by Crippen LogP contribution is 2.37. The van der Waals surface area contributed by atoms with Crippen LogP contribution in [0.25, 0.3) is 0 Å². The van der Waals surface area contributed by atoms with Crippen LogP contribution in [-0.2, 0) is 6.42 Å². The Bertz CT molecular complexity index is 608. The van der Waals surface area contributed by atoms with Gasteiger partial charge in [0.2, 0.25) is 0 Å². The molecule has 1 heterocycles. The van der Waals surface area contributed by atoms with Crippen LogP contribution in [-0.4, -0.2) is 12.6 Å². The SMILES string of the molecule is CCOc1ccccc1CC1CC(C)Nc2ccccc21. The van der Waals surface area contributed by atoms with Gasteiger partial charge in [-0.05, 0) is 55.9 Å². The Labute approximate surface area is 127 Å². The van der Waals surface area contributed by atoms with Gasteiger partial charge in [-0.15, -0.1) is 0 Å². The van der Waals surface area contributed by atoms with Gasteiger partial charge >= 0.3 is 0 Å². The van der Waals surface area contributed by atoms with E-state index in [9.17, 15) is 0 Å². The van der Waals surface area contributed by atoms with E-state index in [4.69, 9.17) is 4.74 Å². The third-order valence-electron chi connectivity index (χ3n) is 4.18. The molecule has 3 rings (SSSR count). The summed E-state index contributed by atoms with van der Waals surface area (Å²) in [7, 11) is 0. The van der Waals surface area contributed by atoms with E-state index in [-0.39, 0.29) is 0 Å². The topological polar surface area (TPSA) is 21.3 Å². The first-order valence-electron chi connectivity index (χ1n) is 7.84. The highest BCUT2D eigenvalue weighted by molar-refractivity contribution is 5.56. The zero-order valence-electron chi connectivity index (χ0n) is 12.8. The number of anilines is 1. The van der Waals surface area contributed by atoms with E-state index in [0.717, 1.165) is 25.2 Å². The molecule has 2 atom stereocenters. The lowest BCUT2D eigenvalue weighted by Crippen LogP contribution is -2.26. The fourth-order valence-corrected chi connectivity index (χ4v) is 3.29. The van der Waals surface area contributed by atoms with Gasteiger partial charge in [0, 0.05) is 11.7 Å². The van der Waals surface area contributed by atoms with Crippen molar-refractivity contribution in [3.63, 3.8) is 0 Å². The Morgan fingerprint density at radius 2 is 1.86 bits per heavy atom. The summed E-state index contributed by atoms with van der Waals surface area (Å²) in [5, 5.41) is 3.58. The maximum Gasteiger partial charge on any atom is 0.122 e. The smallest absolute Gasteiger partial charge is 0.122 e. The summed E-state index contributed by atoms with van der Waals surface area (Å²) in [6.07, 6.45) is 2.21. The van der Waals surface area contributed by atoms with Gasteiger partial charge in [-0.25, -0.2) is 0 Å². The normalized spacial score (nSPS) is 20.5. The first-order chi connectivity index (χ1) is 10.3. The van der Waals surface area contributed by atoms with E-state index in [1.54, 1.807) is 0 Å². The molecule has 2 unspecified atom stereocenters. The summed E-state index contributed by atoms with van der Waals surface area (Å²) in [5.41, 5.74) is 4.03. The number of rotatable bonds is 4. The first kappa shape index (κ1) is 14.0. The summed E-state index contributed by atoms with van der Waals surface area (Å²) < 4.78 is 5.78. The van der Waals surface area contributed by atoms with Crippen molar-refractivity contribution in [1.82, 2.24) is 0 Å². The monoisotopic (exact) mass is 281 g/mol. The van der Waals surface area contributed by atoms with Crippen LogP contribution < -0.4 is 10.1 Å². The number of ether oxygens (including phenoxy) is 1. The maximum atomic E-state index is 5.78. The molecule has 0 saturated heterocycles. The number of nitrogens with one attached hydrogen (secondary N) is 1. The fraction of sp³-hybridized carbons (Fsp3) is 0.368. The zero-order chi connectivity index (χ0) is 14.7. The van der Waals surface area contributed by atoms with Crippen LogP contribution in [0.2, 0.25) is 0 Å². The minimum atomic E-state index is 0.518. The largest absolute Gasteiger partial charge is 0.494 e. The number of hydrogen-bond donors (Lipinski definition) is 1. The molecule has 2 aromatic rings. The van der Waals surface area contributed by atoms with E-state index >= 15 is 0 Å². The molecule has 0 aliphatic carbocycles. The van der Waals surface area contributed by atoms with Crippen molar-refractivity contribution < 1.29 is 4.74 Å². The minimum Gasteiger partial charge on any atom is -0.494 e. The maximum absolute atomic E-state index is 5.78. The third-order valence-corrected chi connectivity index (χ3v) is 4.18. The number of hydrogen-bond acceptors (Lipinski definition) is 2. The third kappa shape index (κ3) is 3.05. The quantitative estimate of drug-likeness (QED) is 0.883. The molecule has 1 aliphatic rings. The molecule has 2 nitrogen and oxygen atoms in total. The average Bonchev–Trinajstić information content (AvgIpc) is 2.49. The highest BCUT2D eigenvalue weighted by atomic mass is 16.5. The summed E-state index contributed by atoms with van der Waals surface area (Å²) in [6, 6.07) is 17.6. The predicted molar refractivity (Wildman–Crippen MR) is 88.2 cm³/mol. The van der Waals surface area contributed by atoms with Crippen molar-refractivity contribution in [3.8, 4) is 5.75 Å². The first-order valence-corrected chi connectivity index (χ1v) is 7.84. The molecule has 0 radical (unpaired) electrons. The summed E-state index contributed by atoms with van der Waals surface area (Å²) >= 11 is 0. The molecule has 0 spiro atoms. The van der Waals surface area contributed by atoms with Gasteiger partial charge in [0.15, 0.2) is 0 Å². The average molecular weight is 281 g/mol. The molecule has 1 N–H and O–H groups in total. The van der Waals surface area contributed by atoms with Gasteiger partial charge < -0.3 is 10.1 Å². The Hall–Kier alpha value is -1.96. The van der Waals surface area contributed by atoms with E-state index in [1.807, 2.05) is 13.0 Å². The van der Waals surface area contributed by atoms with Gasteiger partial charge in [-0.3, -0.25) is 0 Å². The lowest BCUT2D eigenvalue weighted by Gasteiger charge is -2.31. The van der Waals surface area contributed by atoms with Gasteiger partial charge in [0.25, 0.3) is 0 Å². The van der Waals surface area contributed by atoms with E-state index in [0.29, 0.717) is 12.0 Å². The molecule has 0 aromatic heterocycles. The molecule has 21 heavy (non-hydrogen) atoms. The van der Waals surface area contributed by atoms with Crippen LogP contribution in [0.15, 0.2) is 48.5 Å². The second-order valence-electron chi connectivity index (χ2n) is 5.81. The molecule has 0 bridgehead atoms. The Morgan fingerprint density at radius 1 is 1.10 bits per heavy atom. The van der Waals surface area contributed by atoms with Crippen LogP contribution in [0, 0.1) is 0 Å². The second kappa shape index (κ2) is 6.21. The molecule has 2 aromatic carbocycles. The standard InChI is InChI=1S/C19H23NO/c1-3-21-19-11-7-4-8-15(19)13-16-12-14(2)20-18-10-6-5-9-17(16)18/h4-11,14,16,20H,3,12-13H2,1-2H3. The zero-order valence-corrected chi connectivity index (χ0v) is 12.8. The molecule has 110 valence electrons. The molecule has 1 aliphatic heterocycles. The number of benzene rings is 2. The molecular weight excluding hydrogens is 258 g/mol. The summed E-state index contributed by atoms with van der Waals surface area (Å²) in [5.74, 6) is 1.59. The van der Waals surface area contributed by atoms with Crippen molar-refractivity contribution in [2.45, 2.75) is 38.6 Å². The van der Waals surface area contributed by atoms with Crippen molar-refractivity contribution in [2.75, 3.05) is 11.9 Å². The minimum absolute atomic E-state index is 0.518. The van der Waals surface area contributed by atoms with Crippen molar-refractivity contribution >= 4 is 5.69 Å².